The van der Waals surface area contributed by atoms with E-state index in [0.717, 1.165) is 38.9 Å². The van der Waals surface area contributed by atoms with Crippen LogP contribution in [0.1, 0.15) is 79.1 Å². The molecule has 0 bridgehead atoms. The monoisotopic (exact) mass is 468 g/mol. The Hall–Kier alpha value is 0.639. The topological polar surface area (TPSA) is 64.6 Å². The summed E-state index contributed by atoms with van der Waals surface area (Å²) >= 11 is 0.149. The fourth-order valence-electron chi connectivity index (χ4n) is 1.54. The predicted octanol–water partition coefficient (Wildman–Crippen LogP) is 3.45. The molecule has 0 atom stereocenters. The summed E-state index contributed by atoms with van der Waals surface area (Å²) in [6.07, 6.45) is 10.3. The van der Waals surface area contributed by atoms with Crippen molar-refractivity contribution in [2.75, 3.05) is 39.6 Å². The van der Waals surface area contributed by atoms with E-state index in [9.17, 15) is 10.2 Å². The summed E-state index contributed by atoms with van der Waals surface area (Å²) in [7, 11) is 0. The van der Waals surface area contributed by atoms with E-state index in [1.807, 2.05) is 0 Å². The van der Waals surface area contributed by atoms with Gasteiger partial charge in [0, 0.05) is 26.4 Å². The van der Waals surface area contributed by atoms with Crippen LogP contribution in [-0.2, 0) is 9.47 Å². The molecule has 0 aromatic carbocycles. The van der Waals surface area contributed by atoms with Crippen LogP contribution in [0.2, 0.25) is 8.87 Å². The average Bonchev–Trinajstić information content (AvgIpc) is 2.64. The van der Waals surface area contributed by atoms with E-state index in [4.69, 9.17) is 9.47 Å². The quantitative estimate of drug-likeness (QED) is 0.258. The van der Waals surface area contributed by atoms with E-state index in [-0.39, 0.29) is 34.4 Å². The molecule has 0 radical (unpaired) electrons. The average molecular weight is 467 g/mol. The Labute approximate surface area is 168 Å². The maximum absolute atomic E-state index is 9.77. The first-order chi connectivity index (χ1) is 12.2. The van der Waals surface area contributed by atoms with Gasteiger partial charge in [0.15, 0.2) is 0 Å². The zero-order valence-electron chi connectivity index (χ0n) is 17.4. The Balaban J connectivity index is -0.000000291. The maximum atomic E-state index is 9.77. The predicted molar refractivity (Wildman–Crippen MR) is 106 cm³/mol. The molecule has 25 heavy (non-hydrogen) atoms. The molecule has 4 nitrogen and oxygen atoms in total. The van der Waals surface area contributed by atoms with Crippen molar-refractivity contribution in [2.24, 2.45) is 0 Å². The van der Waals surface area contributed by atoms with Gasteiger partial charge in [-0.3, -0.25) is 0 Å². The van der Waals surface area contributed by atoms with Gasteiger partial charge in [0.1, 0.15) is 0 Å². The molecule has 152 valence electrons. The molecule has 0 aromatic rings. The molecule has 0 unspecified atom stereocenters. The Kier molecular flexibility index (Phi) is 43.4. The van der Waals surface area contributed by atoms with Gasteiger partial charge in [-0.25, -0.2) is 0 Å². The first kappa shape index (κ1) is 30.4. The van der Waals surface area contributed by atoms with E-state index in [2.05, 4.69) is 27.7 Å². The SMILES string of the molecule is CCCCOCC[O-].CCCCOCC[O-].CCC[CH2][Sn+2][CH2]CCC. The van der Waals surface area contributed by atoms with Crippen molar-refractivity contribution in [3.63, 3.8) is 0 Å². The van der Waals surface area contributed by atoms with Gasteiger partial charge >= 0.3 is 69.5 Å². The first-order valence-corrected chi connectivity index (χ1v) is 14.3. The first-order valence-electron chi connectivity index (χ1n) is 10.3. The molecule has 0 spiro atoms. The van der Waals surface area contributed by atoms with Crippen molar-refractivity contribution < 1.29 is 19.7 Å². The van der Waals surface area contributed by atoms with Crippen molar-refractivity contribution >= 4 is 21.1 Å². The molecular weight excluding hydrogens is 423 g/mol. The third-order valence-corrected chi connectivity index (χ3v) is 7.19. The third-order valence-electron chi connectivity index (χ3n) is 3.15. The van der Waals surface area contributed by atoms with Crippen LogP contribution in [0.3, 0.4) is 0 Å². The Morgan fingerprint density at radius 3 is 1.20 bits per heavy atom. The van der Waals surface area contributed by atoms with Crippen LogP contribution in [0.15, 0.2) is 0 Å². The Morgan fingerprint density at radius 1 is 0.560 bits per heavy atom. The molecular formula is C20H44O4Sn. The van der Waals surface area contributed by atoms with E-state index in [1.165, 1.54) is 25.7 Å². The minimum absolute atomic E-state index is 0.107. The van der Waals surface area contributed by atoms with E-state index >= 15 is 0 Å². The summed E-state index contributed by atoms with van der Waals surface area (Å²) in [5.41, 5.74) is 0. The van der Waals surface area contributed by atoms with E-state index in [1.54, 1.807) is 8.87 Å². The summed E-state index contributed by atoms with van der Waals surface area (Å²) in [4.78, 5) is 0. The van der Waals surface area contributed by atoms with Crippen molar-refractivity contribution in [1.29, 1.82) is 0 Å². The molecule has 0 aliphatic heterocycles. The molecule has 0 saturated carbocycles. The van der Waals surface area contributed by atoms with Gasteiger partial charge in [-0.1, -0.05) is 26.7 Å². The standard InChI is InChI=1S/2C6H13O2.2C4H9.Sn/c2*1-2-3-5-8-6-4-7;2*1-3-4-2;/h2*2-6H2,1H3;2*1,3-4H2,2H3;/q2*-1;;;+2. The van der Waals surface area contributed by atoms with Gasteiger partial charge in [0.25, 0.3) is 0 Å². The van der Waals surface area contributed by atoms with Gasteiger partial charge < -0.3 is 19.7 Å². The van der Waals surface area contributed by atoms with Crippen molar-refractivity contribution in [3.05, 3.63) is 0 Å². The fourth-order valence-corrected chi connectivity index (χ4v) is 5.70. The van der Waals surface area contributed by atoms with Gasteiger partial charge in [0.05, 0.1) is 0 Å². The molecule has 0 saturated heterocycles. The Bertz CT molecular complexity index is 153. The summed E-state index contributed by atoms with van der Waals surface area (Å²) in [6.45, 7) is 10.8. The molecule has 0 fully saturated rings. The zero-order valence-corrected chi connectivity index (χ0v) is 20.3. The van der Waals surface area contributed by atoms with E-state index < -0.39 is 0 Å². The molecule has 0 amide bonds. The Morgan fingerprint density at radius 2 is 0.920 bits per heavy atom. The molecule has 0 heterocycles. The number of hydrogen-bond donors (Lipinski definition) is 0. The van der Waals surface area contributed by atoms with Crippen molar-refractivity contribution in [3.8, 4) is 0 Å². The van der Waals surface area contributed by atoms with Gasteiger partial charge in [-0.05, 0) is 12.8 Å². The number of ether oxygens (including phenoxy) is 2. The second-order valence-electron chi connectivity index (χ2n) is 5.80. The second-order valence-corrected chi connectivity index (χ2v) is 10.1. The molecule has 0 aliphatic rings. The van der Waals surface area contributed by atoms with Gasteiger partial charge in [-0.15, -0.1) is 13.2 Å². The summed E-state index contributed by atoms with van der Waals surface area (Å²) in [5, 5.41) is 19.5. The van der Waals surface area contributed by atoms with Gasteiger partial charge in [-0.2, -0.15) is 0 Å². The normalized spacial score (nSPS) is 9.52. The fraction of sp³-hybridized carbons (Fsp3) is 1.00. The van der Waals surface area contributed by atoms with Crippen LogP contribution in [-0.4, -0.2) is 60.8 Å². The molecule has 0 N–H and O–H groups in total. The van der Waals surface area contributed by atoms with Gasteiger partial charge in [0.2, 0.25) is 0 Å². The minimum atomic E-state index is -0.107. The van der Waals surface area contributed by atoms with Crippen LogP contribution >= 0.6 is 0 Å². The molecule has 0 aliphatic carbocycles. The van der Waals surface area contributed by atoms with E-state index in [0.29, 0.717) is 13.2 Å². The number of hydrogen-bond acceptors (Lipinski definition) is 4. The van der Waals surface area contributed by atoms with Crippen molar-refractivity contribution in [1.82, 2.24) is 0 Å². The molecule has 0 rings (SSSR count). The summed E-state index contributed by atoms with van der Waals surface area (Å²) in [5.74, 6) is 0. The van der Waals surface area contributed by atoms with Crippen LogP contribution in [0.4, 0.5) is 0 Å². The van der Waals surface area contributed by atoms with Crippen LogP contribution in [0.5, 0.6) is 0 Å². The molecule has 0 aromatic heterocycles. The second kappa shape index (κ2) is 35.7. The third kappa shape index (κ3) is 45.6. The number of rotatable bonds is 16. The zero-order chi connectivity index (χ0) is 19.4. The van der Waals surface area contributed by atoms with Crippen LogP contribution in [0, 0.1) is 0 Å². The van der Waals surface area contributed by atoms with Crippen LogP contribution < -0.4 is 10.2 Å². The van der Waals surface area contributed by atoms with Crippen LogP contribution in [0.25, 0.3) is 0 Å². The molecule has 5 heteroatoms. The van der Waals surface area contributed by atoms with Crippen molar-refractivity contribution in [2.45, 2.75) is 87.9 Å². The summed E-state index contributed by atoms with van der Waals surface area (Å²) in [6, 6.07) is 0. The number of unbranched alkanes of at least 4 members (excludes halogenated alkanes) is 4. The summed E-state index contributed by atoms with van der Waals surface area (Å²) < 4.78 is 13.1.